The molecule has 0 N–H and O–H groups in total. The van der Waals surface area contributed by atoms with E-state index in [2.05, 4.69) is 18.0 Å². The smallest absolute Gasteiger partial charge is 0.295 e. The molecule has 1 unspecified atom stereocenters. The van der Waals surface area contributed by atoms with Crippen molar-refractivity contribution in [3.05, 3.63) is 59.4 Å². The van der Waals surface area contributed by atoms with E-state index in [-0.39, 0.29) is 17.7 Å². The predicted octanol–water partition coefficient (Wildman–Crippen LogP) is 4.20. The van der Waals surface area contributed by atoms with Crippen molar-refractivity contribution in [1.82, 2.24) is 9.88 Å². The van der Waals surface area contributed by atoms with E-state index in [9.17, 15) is 14.4 Å². The van der Waals surface area contributed by atoms with E-state index in [4.69, 9.17) is 4.74 Å². The van der Waals surface area contributed by atoms with Gasteiger partial charge in [0, 0.05) is 24.2 Å². The minimum Gasteiger partial charge on any atom is -0.493 e. The van der Waals surface area contributed by atoms with Crippen molar-refractivity contribution in [2.24, 2.45) is 5.92 Å². The van der Waals surface area contributed by atoms with Crippen LogP contribution in [0.2, 0.25) is 0 Å². The molecule has 1 aromatic carbocycles. The Balaban J connectivity index is 1.27. The number of aromatic nitrogens is 1. The predicted molar refractivity (Wildman–Crippen MR) is 119 cm³/mol. The molecule has 4 rings (SSSR count). The van der Waals surface area contributed by atoms with Gasteiger partial charge in [0.05, 0.1) is 11.9 Å². The third-order valence-electron chi connectivity index (χ3n) is 5.86. The highest BCUT2D eigenvalue weighted by Crippen LogP contribution is 2.35. The number of pyridine rings is 1. The Kier molecular flexibility index (Phi) is 6.70. The molecule has 3 amide bonds. The molecule has 31 heavy (non-hydrogen) atoms. The van der Waals surface area contributed by atoms with Gasteiger partial charge in [-0.15, -0.1) is 0 Å². The Morgan fingerprint density at radius 2 is 1.87 bits per heavy atom. The highest BCUT2D eigenvalue weighted by atomic mass is 32.2. The number of nitrogens with zero attached hydrogens (tertiary/aromatic N) is 2. The summed E-state index contributed by atoms with van der Waals surface area (Å²) in [6.45, 7) is 2.63. The number of amides is 3. The van der Waals surface area contributed by atoms with Crippen LogP contribution in [0.3, 0.4) is 0 Å². The first-order chi connectivity index (χ1) is 15.0. The lowest BCUT2D eigenvalue weighted by Gasteiger charge is -2.26. The molecule has 1 aliphatic carbocycles. The first-order valence-electron chi connectivity index (χ1n) is 10.8. The van der Waals surface area contributed by atoms with Gasteiger partial charge in [-0.3, -0.25) is 19.4 Å². The summed E-state index contributed by atoms with van der Waals surface area (Å²) in [6.07, 6.45) is 6.55. The highest BCUT2D eigenvalue weighted by Gasteiger charge is 2.46. The molecule has 0 bridgehead atoms. The molecule has 2 fully saturated rings. The second kappa shape index (κ2) is 9.64. The van der Waals surface area contributed by atoms with Crippen LogP contribution in [0.1, 0.15) is 43.0 Å². The fraction of sp³-hybridized carbons (Fsp3) is 0.417. The number of benzene rings is 1. The maximum atomic E-state index is 12.6. The summed E-state index contributed by atoms with van der Waals surface area (Å²) in [5.41, 5.74) is 3.15. The van der Waals surface area contributed by atoms with Gasteiger partial charge in [0.2, 0.25) is 5.91 Å². The van der Waals surface area contributed by atoms with Crippen molar-refractivity contribution in [2.45, 2.75) is 50.7 Å². The van der Waals surface area contributed by atoms with Crippen molar-refractivity contribution in [1.29, 1.82) is 0 Å². The lowest BCUT2D eigenvalue weighted by Crippen LogP contribution is -2.43. The van der Waals surface area contributed by atoms with Gasteiger partial charge in [0.1, 0.15) is 5.75 Å². The molecule has 0 spiro atoms. The zero-order chi connectivity index (χ0) is 21.8. The highest BCUT2D eigenvalue weighted by molar-refractivity contribution is 8.15. The monoisotopic (exact) mass is 438 g/mol. The van der Waals surface area contributed by atoms with Crippen LogP contribution in [0.25, 0.3) is 0 Å². The lowest BCUT2D eigenvalue weighted by atomic mass is 9.84. The molecule has 0 radical (unpaired) electrons. The van der Waals surface area contributed by atoms with Crippen molar-refractivity contribution in [2.75, 3.05) is 6.61 Å². The molecule has 1 atom stereocenters. The molecule has 2 heterocycles. The van der Waals surface area contributed by atoms with Gasteiger partial charge in [-0.05, 0) is 55.0 Å². The van der Waals surface area contributed by atoms with Gasteiger partial charge in [0.25, 0.3) is 11.1 Å². The first-order valence-corrected chi connectivity index (χ1v) is 11.7. The van der Waals surface area contributed by atoms with Crippen LogP contribution in [0.15, 0.2) is 42.6 Å². The Morgan fingerprint density at radius 3 is 2.48 bits per heavy atom. The third-order valence-corrected chi connectivity index (χ3v) is 6.90. The Morgan fingerprint density at radius 1 is 1.13 bits per heavy atom. The van der Waals surface area contributed by atoms with Crippen LogP contribution in [0, 0.1) is 5.92 Å². The van der Waals surface area contributed by atoms with Crippen molar-refractivity contribution in [3.8, 4) is 5.75 Å². The van der Waals surface area contributed by atoms with Crippen LogP contribution in [0.5, 0.6) is 5.75 Å². The number of hydrogen-bond donors (Lipinski definition) is 0. The quantitative estimate of drug-likeness (QED) is 0.575. The van der Waals surface area contributed by atoms with Crippen LogP contribution >= 0.6 is 11.8 Å². The average molecular weight is 439 g/mol. The van der Waals surface area contributed by atoms with Gasteiger partial charge in [-0.2, -0.15) is 0 Å². The van der Waals surface area contributed by atoms with E-state index >= 15 is 0 Å². The molecule has 2 aromatic rings. The zero-order valence-electron chi connectivity index (χ0n) is 17.6. The summed E-state index contributed by atoms with van der Waals surface area (Å²) in [5, 5.41) is -0.979. The molecule has 1 aliphatic heterocycles. The fourth-order valence-corrected chi connectivity index (χ4v) is 4.66. The average Bonchev–Trinajstić information content (AvgIpc) is 3.01. The third kappa shape index (κ3) is 4.98. The number of carbonyl (C=O) groups excluding carboxylic acids is 3. The molecule has 1 saturated heterocycles. The summed E-state index contributed by atoms with van der Waals surface area (Å²) in [6, 6.07) is 11.7. The number of thioether (sulfide) groups is 1. The van der Waals surface area contributed by atoms with Crippen molar-refractivity contribution < 1.29 is 19.1 Å². The van der Waals surface area contributed by atoms with Crippen LogP contribution in [0.4, 0.5) is 4.79 Å². The molecule has 162 valence electrons. The molecule has 1 saturated carbocycles. The summed E-state index contributed by atoms with van der Waals surface area (Å²) in [4.78, 5) is 42.5. The number of hydrogen-bond acceptors (Lipinski definition) is 6. The maximum absolute atomic E-state index is 12.6. The lowest BCUT2D eigenvalue weighted by molar-refractivity contribution is -0.143. The second-order valence-corrected chi connectivity index (χ2v) is 9.12. The van der Waals surface area contributed by atoms with E-state index in [1.807, 2.05) is 36.5 Å². The molecule has 6 nitrogen and oxygen atoms in total. The molecular formula is C24H26N2O4S. The standard InChI is InChI=1S/C24H26N2O4S/c1-2-16-6-9-19(25-15-16)12-13-30-20-10-7-17(8-11-20)14-21-23(28)26(24(29)31-21)22(27)18-4-3-5-18/h6-11,15,18,21H,2-5,12-14H2,1H3. The SMILES string of the molecule is CCc1ccc(CCOc2ccc(CC3SC(=O)N(C(=O)C4CCC4)C3=O)cc2)nc1. The first kappa shape index (κ1) is 21.6. The number of aryl methyl sites for hydroxylation is 1. The van der Waals surface area contributed by atoms with Gasteiger partial charge in [-0.25, -0.2) is 4.90 Å². The summed E-state index contributed by atoms with van der Waals surface area (Å²) >= 11 is 0.954. The Hall–Kier alpha value is -2.67. The topological polar surface area (TPSA) is 76.6 Å². The van der Waals surface area contributed by atoms with E-state index in [1.165, 1.54) is 5.56 Å². The largest absolute Gasteiger partial charge is 0.493 e. The van der Waals surface area contributed by atoms with Crippen molar-refractivity contribution in [3.63, 3.8) is 0 Å². The second-order valence-electron chi connectivity index (χ2n) is 7.97. The van der Waals surface area contributed by atoms with E-state index in [0.29, 0.717) is 13.0 Å². The van der Waals surface area contributed by atoms with Gasteiger partial charge < -0.3 is 4.74 Å². The fourth-order valence-electron chi connectivity index (χ4n) is 3.65. The Labute approximate surface area is 186 Å². The molecule has 1 aromatic heterocycles. The van der Waals surface area contributed by atoms with E-state index < -0.39 is 10.5 Å². The zero-order valence-corrected chi connectivity index (χ0v) is 18.4. The molecular weight excluding hydrogens is 412 g/mol. The van der Waals surface area contributed by atoms with Crippen LogP contribution < -0.4 is 4.74 Å². The minimum absolute atomic E-state index is 0.163. The van der Waals surface area contributed by atoms with Gasteiger partial charge in [-0.1, -0.05) is 43.3 Å². The normalized spacial score (nSPS) is 18.9. The van der Waals surface area contributed by atoms with E-state index in [0.717, 1.165) is 65.8 Å². The minimum atomic E-state index is -0.541. The van der Waals surface area contributed by atoms with Gasteiger partial charge >= 0.3 is 0 Å². The Bertz CT molecular complexity index is 955. The van der Waals surface area contributed by atoms with Crippen LogP contribution in [-0.2, 0) is 28.9 Å². The summed E-state index contributed by atoms with van der Waals surface area (Å²) < 4.78 is 5.80. The maximum Gasteiger partial charge on any atom is 0.295 e. The van der Waals surface area contributed by atoms with Gasteiger partial charge in [0.15, 0.2) is 0 Å². The number of rotatable bonds is 8. The number of imide groups is 3. The summed E-state index contributed by atoms with van der Waals surface area (Å²) in [7, 11) is 0. The number of carbonyl (C=O) groups is 3. The van der Waals surface area contributed by atoms with Crippen LogP contribution in [-0.4, -0.2) is 38.8 Å². The molecule has 7 heteroatoms. The molecule has 2 aliphatic rings. The summed E-state index contributed by atoms with van der Waals surface area (Å²) in [5.74, 6) is -0.117. The van der Waals surface area contributed by atoms with E-state index in [1.54, 1.807) is 0 Å². The van der Waals surface area contributed by atoms with Crippen molar-refractivity contribution >= 4 is 28.8 Å². The number of ether oxygens (including phenoxy) is 1.